The summed E-state index contributed by atoms with van der Waals surface area (Å²) >= 11 is 0. The highest BCUT2D eigenvalue weighted by Crippen LogP contribution is 2.42. The molecule has 10 aromatic heterocycles. The van der Waals surface area contributed by atoms with Crippen LogP contribution >= 0.6 is 0 Å². The third-order valence-electron chi connectivity index (χ3n) is 20.1. The second-order valence-electron chi connectivity index (χ2n) is 26.3. The molecule has 12 nitrogen and oxygen atoms in total. The van der Waals surface area contributed by atoms with Crippen molar-refractivity contribution in [3.8, 4) is 102 Å². The molecule has 0 spiro atoms. The molecule has 0 unspecified atom stereocenters. The first-order valence-electron chi connectivity index (χ1n) is 35.4. The van der Waals surface area contributed by atoms with Gasteiger partial charge in [0.25, 0.3) is 0 Å². The number of fused-ring (bicyclic) bond motifs is 12. The van der Waals surface area contributed by atoms with E-state index in [1.54, 1.807) is 12.4 Å². The maximum atomic E-state index is 5.01. The molecule has 0 bridgehead atoms. The summed E-state index contributed by atoms with van der Waals surface area (Å²) in [5, 5.41) is 7.09. The predicted octanol–water partition coefficient (Wildman–Crippen LogP) is 22.6. The molecule has 0 fully saturated rings. The summed E-state index contributed by atoms with van der Waals surface area (Å²) in [7, 11) is 0. The molecule has 11 aromatic carbocycles. The van der Waals surface area contributed by atoms with Gasteiger partial charge in [0.1, 0.15) is 0 Å². The van der Waals surface area contributed by atoms with Crippen molar-refractivity contribution in [2.75, 3.05) is 0 Å². The van der Waals surface area contributed by atoms with Gasteiger partial charge in [-0.15, -0.1) is 0 Å². The van der Waals surface area contributed by atoms with Crippen molar-refractivity contribution in [3.63, 3.8) is 0 Å². The Morgan fingerprint density at radius 1 is 0.170 bits per heavy atom. The Labute approximate surface area is 608 Å². The third kappa shape index (κ3) is 10.7. The minimum absolute atomic E-state index is 0.616. The molecular formula is C94H60N12. The zero-order valence-electron chi connectivity index (χ0n) is 57.0. The molecular weight excluding hydrogens is 1300 g/mol. The van der Waals surface area contributed by atoms with Gasteiger partial charge >= 0.3 is 0 Å². The Balaban J connectivity index is 0.000000141. The average molecular weight is 1360 g/mol. The van der Waals surface area contributed by atoms with Crippen LogP contribution in [0.1, 0.15) is 0 Å². The number of benzene rings is 11. The van der Waals surface area contributed by atoms with Crippen LogP contribution in [0.25, 0.3) is 189 Å². The summed E-state index contributed by atoms with van der Waals surface area (Å²) < 4.78 is 9.27. The summed E-state index contributed by atoms with van der Waals surface area (Å²) in [6.07, 6.45) is 7.34. The van der Waals surface area contributed by atoms with Crippen molar-refractivity contribution >= 4 is 87.5 Å². The van der Waals surface area contributed by atoms with Crippen LogP contribution in [0.3, 0.4) is 0 Å². The minimum atomic E-state index is 0.616. The lowest BCUT2D eigenvalue weighted by atomic mass is 10.0. The van der Waals surface area contributed by atoms with Gasteiger partial charge in [0.2, 0.25) is 0 Å². The molecule has 21 rings (SSSR count). The number of hydrogen-bond donors (Lipinski definition) is 0. The van der Waals surface area contributed by atoms with E-state index in [-0.39, 0.29) is 0 Å². The molecule has 0 aliphatic carbocycles. The average Bonchev–Trinajstić information content (AvgIpc) is 1.59. The molecule has 0 aliphatic rings. The number of nitrogens with zero attached hydrogens (tertiary/aromatic N) is 12. The maximum absolute atomic E-state index is 5.01. The van der Waals surface area contributed by atoms with Crippen LogP contribution in [-0.4, -0.2) is 58.1 Å². The van der Waals surface area contributed by atoms with E-state index in [1.165, 1.54) is 43.6 Å². The van der Waals surface area contributed by atoms with Gasteiger partial charge in [0, 0.05) is 90.9 Å². The lowest BCUT2D eigenvalue weighted by Crippen LogP contribution is -2.01. The summed E-state index contributed by atoms with van der Waals surface area (Å²) in [5.41, 5.74) is 25.7. The Morgan fingerprint density at radius 2 is 0.509 bits per heavy atom. The van der Waals surface area contributed by atoms with Crippen molar-refractivity contribution in [1.29, 1.82) is 0 Å². The second kappa shape index (κ2) is 25.8. The highest BCUT2D eigenvalue weighted by atomic mass is 15.0. The highest BCUT2D eigenvalue weighted by Gasteiger charge is 2.22. The number of para-hydroxylation sites is 4. The van der Waals surface area contributed by atoms with Crippen molar-refractivity contribution in [2.24, 2.45) is 0 Å². The van der Waals surface area contributed by atoms with Gasteiger partial charge in [0.05, 0.1) is 83.6 Å². The van der Waals surface area contributed by atoms with Gasteiger partial charge in [-0.05, 0) is 180 Å². The van der Waals surface area contributed by atoms with Crippen LogP contribution < -0.4 is 0 Å². The molecule has 10 heterocycles. The second-order valence-corrected chi connectivity index (χ2v) is 26.3. The van der Waals surface area contributed by atoms with Gasteiger partial charge in [-0.25, -0.2) is 19.9 Å². The number of hydrogen-bond acceptors (Lipinski definition) is 8. The van der Waals surface area contributed by atoms with Gasteiger partial charge in [-0.1, -0.05) is 182 Å². The van der Waals surface area contributed by atoms with Crippen molar-refractivity contribution in [2.45, 2.75) is 0 Å². The van der Waals surface area contributed by atoms with Crippen LogP contribution in [0.15, 0.2) is 365 Å². The summed E-state index contributed by atoms with van der Waals surface area (Å²) in [5.74, 6) is 1.89. The third-order valence-corrected chi connectivity index (χ3v) is 20.1. The lowest BCUT2D eigenvalue weighted by molar-refractivity contribution is 1.07. The molecule has 0 saturated heterocycles. The van der Waals surface area contributed by atoms with E-state index in [1.807, 2.05) is 122 Å². The van der Waals surface area contributed by atoms with Crippen LogP contribution in [0.4, 0.5) is 0 Å². The van der Waals surface area contributed by atoms with Crippen molar-refractivity contribution in [1.82, 2.24) is 58.1 Å². The SMILES string of the molecule is c1ccc(-c2nc(-c3ccccc3)nc(-c3cccc(-n4c5ccc(-c6ccc7c(c6)c6ccccc6n7-c6ccccc6)cc5c5ncccc54)c3)n2)cc1.c1ccc(-n2c3ccccc3c3cc(-c4ccc5c(c4)c4ncccc4n5-c4cc(-c5ccccn5)nc(-c5ccccn5)c4)ccc32)cc1. The number of rotatable bonds is 11. The quantitative estimate of drug-likeness (QED) is 0.125. The fraction of sp³-hybridized carbons (Fsp3) is 0. The van der Waals surface area contributed by atoms with Crippen LogP contribution in [0.2, 0.25) is 0 Å². The van der Waals surface area contributed by atoms with Gasteiger partial charge in [-0.3, -0.25) is 19.9 Å². The largest absolute Gasteiger partial charge is 0.309 e. The first-order valence-corrected chi connectivity index (χ1v) is 35.4. The summed E-state index contributed by atoms with van der Waals surface area (Å²) in [6, 6.07) is 118. The van der Waals surface area contributed by atoms with E-state index < -0.39 is 0 Å². The van der Waals surface area contributed by atoms with Gasteiger partial charge < -0.3 is 18.3 Å². The van der Waals surface area contributed by atoms with Crippen molar-refractivity contribution in [3.05, 3.63) is 365 Å². The van der Waals surface area contributed by atoms with Crippen LogP contribution in [0.5, 0.6) is 0 Å². The monoisotopic (exact) mass is 1360 g/mol. The topological polar surface area (TPSA) is 123 Å². The standard InChI is InChI=1S/C50H32N6.C44H28N6/c1-4-14-33(15-5-1)48-52-49(34-16-6-2-7-17-34)54-50(53-48)37-18-12-21-39(30-37)56-45-28-26-36(32-42(45)47-46(56)24-13-29-51-47)35-25-27-44-41(31-35)40-22-10-11-23-43(40)55(44)38-19-8-3-9-20-38;1-2-11-31(12-3-1)49-40-16-5-4-13-33(40)34-25-29(18-20-41(34)49)30-19-21-42-35(26-30)44-43(17-10-24-47-44)50(42)32-27-38(36-14-6-8-22-45-36)48-39(28-32)37-15-7-9-23-46-37/h1-32H;1-28H. The number of pyridine rings is 5. The van der Waals surface area contributed by atoms with Gasteiger partial charge in [0.15, 0.2) is 17.5 Å². The van der Waals surface area contributed by atoms with E-state index in [9.17, 15) is 0 Å². The molecule has 106 heavy (non-hydrogen) atoms. The first kappa shape index (κ1) is 61.3. The summed E-state index contributed by atoms with van der Waals surface area (Å²) in [4.78, 5) is 39.0. The zero-order valence-corrected chi connectivity index (χ0v) is 57.0. The molecule has 12 heteroatoms. The molecule has 0 atom stereocenters. The Bertz CT molecular complexity index is 6820. The lowest BCUT2D eigenvalue weighted by Gasteiger charge is -2.12. The van der Waals surface area contributed by atoms with E-state index in [0.29, 0.717) is 17.5 Å². The Kier molecular flexibility index (Phi) is 14.9. The molecule has 0 N–H and O–H groups in total. The molecule has 0 amide bonds. The molecule has 0 radical (unpaired) electrons. The highest BCUT2D eigenvalue weighted by molar-refractivity contribution is 6.14. The molecule has 0 aliphatic heterocycles. The summed E-state index contributed by atoms with van der Waals surface area (Å²) in [6.45, 7) is 0. The zero-order chi connectivity index (χ0) is 70.0. The predicted molar refractivity (Wildman–Crippen MR) is 431 cm³/mol. The van der Waals surface area contributed by atoms with Crippen LogP contribution in [-0.2, 0) is 0 Å². The van der Waals surface area contributed by atoms with Gasteiger partial charge in [-0.2, -0.15) is 0 Å². The van der Waals surface area contributed by atoms with Crippen LogP contribution in [0, 0.1) is 0 Å². The smallest absolute Gasteiger partial charge is 0.164 e. The normalized spacial score (nSPS) is 11.6. The fourth-order valence-electron chi connectivity index (χ4n) is 15.3. The Morgan fingerprint density at radius 3 is 0.962 bits per heavy atom. The van der Waals surface area contributed by atoms with Crippen molar-refractivity contribution < 1.29 is 0 Å². The Hall–Kier alpha value is -14.6. The van der Waals surface area contributed by atoms with E-state index >= 15 is 0 Å². The molecule has 21 aromatic rings. The molecule has 0 saturated carbocycles. The minimum Gasteiger partial charge on any atom is -0.309 e. The van der Waals surface area contributed by atoms with E-state index in [0.717, 1.165) is 128 Å². The molecule has 496 valence electrons. The van der Waals surface area contributed by atoms with E-state index in [2.05, 4.69) is 259 Å². The van der Waals surface area contributed by atoms with E-state index in [4.69, 9.17) is 29.9 Å². The first-order chi connectivity index (χ1) is 52.6. The number of aromatic nitrogens is 12. The fourth-order valence-corrected chi connectivity index (χ4v) is 15.3. The maximum Gasteiger partial charge on any atom is 0.164 e.